The molecule has 0 heterocycles. The van der Waals surface area contributed by atoms with E-state index in [9.17, 15) is 20.4 Å². The van der Waals surface area contributed by atoms with Crippen LogP contribution in [0.15, 0.2) is 25.3 Å². The van der Waals surface area contributed by atoms with Gasteiger partial charge in [-0.1, -0.05) is 25.3 Å². The van der Waals surface area contributed by atoms with Crippen LogP contribution in [0.1, 0.15) is 51.4 Å². The Balaban J connectivity index is 0.000000705. The maximum Gasteiger partial charge on any atom is 0.0921 e. The Labute approximate surface area is 152 Å². The molecule has 0 spiro atoms. The molecule has 5 heteroatoms. The van der Waals surface area contributed by atoms with Crippen LogP contribution in [0.3, 0.4) is 0 Å². The SMILES string of the molecule is C=CC=C.OCC1CCC(CO)(OC2(CO)CCC(CO)CC2)CC1. The van der Waals surface area contributed by atoms with Crippen LogP contribution in [0.5, 0.6) is 0 Å². The first-order valence-electron chi connectivity index (χ1n) is 9.39. The van der Waals surface area contributed by atoms with Crippen molar-refractivity contribution in [1.29, 1.82) is 0 Å². The molecule has 2 rings (SSSR count). The topological polar surface area (TPSA) is 90.2 Å². The summed E-state index contributed by atoms with van der Waals surface area (Å²) in [6, 6.07) is 0. The van der Waals surface area contributed by atoms with Crippen LogP contribution in [0, 0.1) is 11.8 Å². The van der Waals surface area contributed by atoms with Crippen molar-refractivity contribution in [3.63, 3.8) is 0 Å². The van der Waals surface area contributed by atoms with Crippen molar-refractivity contribution in [1.82, 2.24) is 0 Å². The molecule has 146 valence electrons. The van der Waals surface area contributed by atoms with Crippen molar-refractivity contribution in [3.05, 3.63) is 25.3 Å². The first-order chi connectivity index (χ1) is 12.0. The Morgan fingerprint density at radius 3 is 1.24 bits per heavy atom. The summed E-state index contributed by atoms with van der Waals surface area (Å²) >= 11 is 0. The van der Waals surface area contributed by atoms with Crippen LogP contribution >= 0.6 is 0 Å². The molecule has 25 heavy (non-hydrogen) atoms. The van der Waals surface area contributed by atoms with E-state index in [1.807, 2.05) is 0 Å². The summed E-state index contributed by atoms with van der Waals surface area (Å²) < 4.78 is 6.33. The highest BCUT2D eigenvalue weighted by Crippen LogP contribution is 2.42. The van der Waals surface area contributed by atoms with Crippen molar-refractivity contribution < 1.29 is 25.2 Å². The van der Waals surface area contributed by atoms with E-state index in [2.05, 4.69) is 13.2 Å². The summed E-state index contributed by atoms with van der Waals surface area (Å²) in [4.78, 5) is 0. The van der Waals surface area contributed by atoms with E-state index in [0.29, 0.717) is 11.8 Å². The summed E-state index contributed by atoms with van der Waals surface area (Å²) in [6.07, 6.45) is 9.66. The molecule has 0 aromatic carbocycles. The Morgan fingerprint density at radius 2 is 1.04 bits per heavy atom. The molecule has 0 aromatic heterocycles. The minimum Gasteiger partial charge on any atom is -0.396 e. The molecule has 0 saturated heterocycles. The maximum absolute atomic E-state index is 9.83. The van der Waals surface area contributed by atoms with Gasteiger partial charge in [-0.05, 0) is 63.2 Å². The lowest BCUT2D eigenvalue weighted by atomic mass is 9.76. The van der Waals surface area contributed by atoms with Crippen molar-refractivity contribution in [3.8, 4) is 0 Å². The highest BCUT2D eigenvalue weighted by molar-refractivity contribution is 4.94. The first kappa shape index (κ1) is 22.3. The van der Waals surface area contributed by atoms with Gasteiger partial charge < -0.3 is 25.2 Å². The van der Waals surface area contributed by atoms with Crippen molar-refractivity contribution >= 4 is 0 Å². The lowest BCUT2D eigenvalue weighted by molar-refractivity contribution is -0.219. The zero-order valence-electron chi connectivity index (χ0n) is 15.4. The van der Waals surface area contributed by atoms with E-state index < -0.39 is 11.2 Å². The molecule has 0 amide bonds. The Kier molecular flexibility index (Phi) is 9.90. The predicted molar refractivity (Wildman–Crippen MR) is 99.2 cm³/mol. The lowest BCUT2D eigenvalue weighted by Gasteiger charge is -2.48. The Morgan fingerprint density at radius 1 is 0.720 bits per heavy atom. The number of aliphatic hydroxyl groups is 4. The number of allylic oxidation sites excluding steroid dienone is 2. The van der Waals surface area contributed by atoms with Gasteiger partial charge in [-0.3, -0.25) is 0 Å². The molecule has 5 nitrogen and oxygen atoms in total. The molecular formula is C20H36O5. The summed E-state index contributed by atoms with van der Waals surface area (Å²) in [5, 5.41) is 38.1. The molecular weight excluding hydrogens is 320 g/mol. The second-order valence-electron chi connectivity index (χ2n) is 7.51. The number of rotatable bonds is 7. The molecule has 0 unspecified atom stereocenters. The standard InChI is InChI=1S/C16H30O5.C4H6/c17-9-13-1-5-15(11-19,6-2-13)21-16(12-20)7-3-14(10-18)4-8-16;1-3-4-2/h13-14,17-20H,1-12H2;3-4H,1-2H2. The zero-order valence-corrected chi connectivity index (χ0v) is 15.4. The van der Waals surface area contributed by atoms with Gasteiger partial charge in [0.05, 0.1) is 24.4 Å². The van der Waals surface area contributed by atoms with Crippen LogP contribution in [0.2, 0.25) is 0 Å². The van der Waals surface area contributed by atoms with Crippen molar-refractivity contribution in [2.24, 2.45) is 11.8 Å². The monoisotopic (exact) mass is 356 g/mol. The highest BCUT2D eigenvalue weighted by atomic mass is 16.5. The van der Waals surface area contributed by atoms with Gasteiger partial charge >= 0.3 is 0 Å². The molecule has 0 bridgehead atoms. The van der Waals surface area contributed by atoms with Crippen LogP contribution in [0.4, 0.5) is 0 Å². The molecule has 4 N–H and O–H groups in total. The van der Waals surface area contributed by atoms with Gasteiger partial charge in [0.25, 0.3) is 0 Å². The quantitative estimate of drug-likeness (QED) is 0.525. The van der Waals surface area contributed by atoms with E-state index in [1.54, 1.807) is 12.2 Å². The van der Waals surface area contributed by atoms with Crippen LogP contribution in [-0.4, -0.2) is 58.1 Å². The first-order valence-corrected chi connectivity index (χ1v) is 9.39. The second-order valence-corrected chi connectivity index (χ2v) is 7.51. The fraction of sp³-hybridized carbons (Fsp3) is 0.800. The smallest absolute Gasteiger partial charge is 0.0921 e. The van der Waals surface area contributed by atoms with Crippen LogP contribution < -0.4 is 0 Å². The predicted octanol–water partition coefficient (Wildman–Crippen LogP) is 2.19. The summed E-state index contributed by atoms with van der Waals surface area (Å²) in [7, 11) is 0. The van der Waals surface area contributed by atoms with Crippen molar-refractivity contribution in [2.45, 2.75) is 62.6 Å². The summed E-state index contributed by atoms with van der Waals surface area (Å²) in [5.41, 5.74) is -1.14. The largest absolute Gasteiger partial charge is 0.396 e. The van der Waals surface area contributed by atoms with Crippen LogP contribution in [-0.2, 0) is 4.74 Å². The fourth-order valence-electron chi connectivity index (χ4n) is 3.82. The van der Waals surface area contributed by atoms with Crippen molar-refractivity contribution in [2.75, 3.05) is 26.4 Å². The molecule has 0 aliphatic heterocycles. The van der Waals surface area contributed by atoms with Gasteiger partial charge in [0.1, 0.15) is 0 Å². The molecule has 2 aliphatic carbocycles. The zero-order chi connectivity index (χ0) is 18.8. The number of hydrogen-bond donors (Lipinski definition) is 4. The molecule has 2 aliphatic rings. The van der Waals surface area contributed by atoms with Gasteiger partial charge in [-0.2, -0.15) is 0 Å². The van der Waals surface area contributed by atoms with E-state index in [1.165, 1.54) is 0 Å². The normalized spacial score (nSPS) is 35.4. The van der Waals surface area contributed by atoms with E-state index >= 15 is 0 Å². The lowest BCUT2D eigenvalue weighted by Crippen LogP contribution is -2.52. The summed E-state index contributed by atoms with van der Waals surface area (Å²) in [6.45, 7) is 7.06. The Hall–Kier alpha value is -0.720. The second kappa shape index (κ2) is 11.1. The van der Waals surface area contributed by atoms with Gasteiger partial charge in [-0.15, -0.1) is 0 Å². The molecule has 0 atom stereocenters. The molecule has 2 saturated carbocycles. The average Bonchev–Trinajstić information content (AvgIpc) is 2.69. The Bertz CT molecular complexity index is 344. The van der Waals surface area contributed by atoms with E-state index in [4.69, 9.17) is 4.74 Å². The van der Waals surface area contributed by atoms with Gasteiger partial charge in [-0.25, -0.2) is 0 Å². The molecule has 0 radical (unpaired) electrons. The average molecular weight is 357 g/mol. The third kappa shape index (κ3) is 6.50. The number of hydrogen-bond acceptors (Lipinski definition) is 5. The third-order valence-corrected chi connectivity index (χ3v) is 5.73. The third-order valence-electron chi connectivity index (χ3n) is 5.73. The number of ether oxygens (including phenoxy) is 1. The molecule has 0 aromatic rings. The minimum absolute atomic E-state index is 0.0314. The minimum atomic E-state index is -0.569. The van der Waals surface area contributed by atoms with Gasteiger partial charge in [0.2, 0.25) is 0 Å². The van der Waals surface area contributed by atoms with Gasteiger partial charge in [0.15, 0.2) is 0 Å². The van der Waals surface area contributed by atoms with E-state index in [0.717, 1.165) is 51.4 Å². The molecule has 2 fully saturated rings. The van der Waals surface area contributed by atoms with Gasteiger partial charge in [0, 0.05) is 13.2 Å². The summed E-state index contributed by atoms with van der Waals surface area (Å²) in [5.74, 6) is 0.618. The van der Waals surface area contributed by atoms with Crippen LogP contribution in [0.25, 0.3) is 0 Å². The fourth-order valence-corrected chi connectivity index (χ4v) is 3.82. The van der Waals surface area contributed by atoms with E-state index in [-0.39, 0.29) is 26.4 Å². The highest BCUT2D eigenvalue weighted by Gasteiger charge is 2.45. The number of aliphatic hydroxyl groups excluding tert-OH is 4. The maximum atomic E-state index is 9.83.